The molecule has 0 aliphatic heterocycles. The minimum atomic E-state index is -3.55. The molecule has 2 N–H and O–H groups in total. The fourth-order valence-corrected chi connectivity index (χ4v) is 6.10. The van der Waals surface area contributed by atoms with E-state index in [1.54, 1.807) is 31.3 Å². The largest absolute Gasteiger partial charge is 0.332 e. The van der Waals surface area contributed by atoms with Gasteiger partial charge in [0.05, 0.1) is 10.8 Å². The molecule has 0 saturated heterocycles. The summed E-state index contributed by atoms with van der Waals surface area (Å²) in [6.45, 7) is 6.21. The first-order chi connectivity index (χ1) is 16.6. The van der Waals surface area contributed by atoms with Gasteiger partial charge >= 0.3 is 0 Å². The number of amides is 1. The minimum Gasteiger partial charge on any atom is -0.332 e. The molecule has 3 rings (SSSR count). The number of anilines is 1. The summed E-state index contributed by atoms with van der Waals surface area (Å²) in [7, 11) is -1.88. The van der Waals surface area contributed by atoms with Crippen molar-refractivity contribution >= 4 is 38.9 Å². The Morgan fingerprint density at radius 3 is 2.17 bits per heavy atom. The Morgan fingerprint density at radius 2 is 1.60 bits per heavy atom. The summed E-state index contributed by atoms with van der Waals surface area (Å²) in [5.41, 5.74) is 2.79. The van der Waals surface area contributed by atoms with Crippen LogP contribution in [0.4, 0.5) is 5.69 Å². The van der Waals surface area contributed by atoms with Crippen molar-refractivity contribution in [3.05, 3.63) is 59.7 Å². The van der Waals surface area contributed by atoms with Gasteiger partial charge in [0.15, 0.2) is 5.11 Å². The zero-order valence-corrected chi connectivity index (χ0v) is 22.7. The number of thiocarbonyl (C=S) groups is 1. The Kier molecular flexibility index (Phi) is 9.44. The lowest BCUT2D eigenvalue weighted by atomic mass is 9.96. The van der Waals surface area contributed by atoms with E-state index in [2.05, 4.69) is 36.6 Å². The van der Waals surface area contributed by atoms with E-state index in [1.165, 1.54) is 16.3 Å². The van der Waals surface area contributed by atoms with Gasteiger partial charge in [0.1, 0.15) is 0 Å². The minimum absolute atomic E-state index is 0.0581. The summed E-state index contributed by atoms with van der Waals surface area (Å²) < 4.78 is 27.5. The van der Waals surface area contributed by atoms with E-state index >= 15 is 0 Å². The molecule has 2 aromatic rings. The van der Waals surface area contributed by atoms with Crippen LogP contribution in [0.25, 0.3) is 0 Å². The molecule has 0 bridgehead atoms. The first-order valence-electron chi connectivity index (χ1n) is 12.4. The summed E-state index contributed by atoms with van der Waals surface area (Å²) in [5, 5.41) is 5.88. The van der Waals surface area contributed by atoms with Crippen LogP contribution in [0.1, 0.15) is 69.9 Å². The SMILES string of the molecule is CC(C)Cc1ccc(C(C)C(=O)NC(=S)Nc2ccc(S(=O)(=O)N(C)C3CCCCC3)cc2)cc1. The zero-order valence-electron chi connectivity index (χ0n) is 21.1. The molecule has 1 aliphatic carbocycles. The van der Waals surface area contributed by atoms with Crippen molar-refractivity contribution < 1.29 is 13.2 Å². The molecule has 0 spiro atoms. The highest BCUT2D eigenvalue weighted by Gasteiger charge is 2.29. The second kappa shape index (κ2) is 12.1. The van der Waals surface area contributed by atoms with Crippen LogP contribution in [0.15, 0.2) is 53.4 Å². The third kappa shape index (κ3) is 7.35. The van der Waals surface area contributed by atoms with Crippen molar-refractivity contribution in [3.63, 3.8) is 0 Å². The number of benzene rings is 2. The Morgan fingerprint density at radius 1 is 1.00 bits per heavy atom. The molecular formula is C27H37N3O3S2. The number of carbonyl (C=O) groups excluding carboxylic acids is 1. The highest BCUT2D eigenvalue weighted by Crippen LogP contribution is 2.27. The van der Waals surface area contributed by atoms with Crippen LogP contribution >= 0.6 is 12.2 Å². The van der Waals surface area contributed by atoms with E-state index in [4.69, 9.17) is 12.2 Å². The Balaban J connectivity index is 1.56. The molecule has 1 unspecified atom stereocenters. The molecule has 2 aromatic carbocycles. The molecule has 0 aromatic heterocycles. The molecule has 35 heavy (non-hydrogen) atoms. The van der Waals surface area contributed by atoms with E-state index in [0.717, 1.165) is 37.7 Å². The first kappa shape index (κ1) is 27.3. The maximum absolute atomic E-state index is 13.0. The fourth-order valence-electron chi connectivity index (χ4n) is 4.47. The van der Waals surface area contributed by atoms with Gasteiger partial charge < -0.3 is 10.6 Å². The monoisotopic (exact) mass is 515 g/mol. The average Bonchev–Trinajstić information content (AvgIpc) is 2.84. The van der Waals surface area contributed by atoms with Crippen molar-refractivity contribution in [1.82, 2.24) is 9.62 Å². The van der Waals surface area contributed by atoms with Crippen LogP contribution < -0.4 is 10.6 Å². The number of nitrogens with one attached hydrogen (secondary N) is 2. The standard InChI is InChI=1S/C27H37N3O3S2/c1-19(2)18-21-10-12-22(13-11-21)20(3)26(31)29-27(34)28-23-14-16-25(17-15-23)35(32,33)30(4)24-8-6-5-7-9-24/h10-17,19-20,24H,5-9,18H2,1-4H3,(H2,28,29,31,34). The third-order valence-electron chi connectivity index (χ3n) is 6.63. The van der Waals surface area contributed by atoms with Gasteiger partial charge in [-0.1, -0.05) is 57.4 Å². The molecule has 0 heterocycles. The van der Waals surface area contributed by atoms with Gasteiger partial charge in [-0.05, 0) is 79.7 Å². The van der Waals surface area contributed by atoms with Crippen LogP contribution in [0.2, 0.25) is 0 Å². The fraction of sp³-hybridized carbons (Fsp3) is 0.481. The lowest BCUT2D eigenvalue weighted by Crippen LogP contribution is -2.38. The third-order valence-corrected chi connectivity index (χ3v) is 8.76. The van der Waals surface area contributed by atoms with E-state index in [0.29, 0.717) is 11.6 Å². The molecule has 1 fully saturated rings. The van der Waals surface area contributed by atoms with Crippen LogP contribution in [0.3, 0.4) is 0 Å². The van der Waals surface area contributed by atoms with Crippen molar-refractivity contribution in [2.75, 3.05) is 12.4 Å². The Bertz CT molecular complexity index is 1110. The summed E-state index contributed by atoms with van der Waals surface area (Å²) in [4.78, 5) is 12.9. The van der Waals surface area contributed by atoms with Gasteiger partial charge in [-0.15, -0.1) is 0 Å². The van der Waals surface area contributed by atoms with Crippen LogP contribution in [0.5, 0.6) is 0 Å². The van der Waals surface area contributed by atoms with Crippen molar-refractivity contribution in [1.29, 1.82) is 0 Å². The topological polar surface area (TPSA) is 78.5 Å². The second-order valence-electron chi connectivity index (χ2n) is 9.84. The predicted octanol–water partition coefficient (Wildman–Crippen LogP) is 5.46. The van der Waals surface area contributed by atoms with Crippen LogP contribution in [-0.2, 0) is 21.2 Å². The molecule has 190 valence electrons. The molecular weight excluding hydrogens is 478 g/mol. The molecule has 1 saturated carbocycles. The lowest BCUT2D eigenvalue weighted by molar-refractivity contribution is -0.120. The summed E-state index contributed by atoms with van der Waals surface area (Å²) in [6.07, 6.45) is 6.13. The molecule has 1 atom stereocenters. The predicted molar refractivity (Wildman–Crippen MR) is 146 cm³/mol. The molecule has 0 radical (unpaired) electrons. The lowest BCUT2D eigenvalue weighted by Gasteiger charge is -2.30. The van der Waals surface area contributed by atoms with Gasteiger partial charge in [-0.2, -0.15) is 4.31 Å². The highest BCUT2D eigenvalue weighted by molar-refractivity contribution is 7.89. The maximum Gasteiger partial charge on any atom is 0.243 e. The number of rotatable bonds is 8. The Labute approximate surface area is 215 Å². The van der Waals surface area contributed by atoms with Crippen LogP contribution in [0, 0.1) is 5.92 Å². The number of hydrogen-bond donors (Lipinski definition) is 2. The summed E-state index contributed by atoms with van der Waals surface area (Å²) in [5.74, 6) is 0.0232. The molecule has 1 aliphatic rings. The zero-order chi connectivity index (χ0) is 25.6. The van der Waals surface area contributed by atoms with Gasteiger partial charge in [-0.25, -0.2) is 8.42 Å². The van der Waals surface area contributed by atoms with Crippen molar-refractivity contribution in [3.8, 4) is 0 Å². The van der Waals surface area contributed by atoms with Crippen LogP contribution in [-0.4, -0.2) is 36.8 Å². The maximum atomic E-state index is 13.0. The summed E-state index contributed by atoms with van der Waals surface area (Å²) >= 11 is 5.31. The number of sulfonamides is 1. The van der Waals surface area contributed by atoms with Gasteiger partial charge in [0, 0.05) is 18.8 Å². The van der Waals surface area contributed by atoms with Gasteiger partial charge in [0.2, 0.25) is 15.9 Å². The normalized spacial score (nSPS) is 15.7. The quantitative estimate of drug-likeness (QED) is 0.457. The van der Waals surface area contributed by atoms with Crippen molar-refractivity contribution in [2.45, 2.75) is 76.2 Å². The first-order valence-corrected chi connectivity index (χ1v) is 14.2. The number of carbonyl (C=O) groups is 1. The smallest absolute Gasteiger partial charge is 0.243 e. The molecule has 8 heteroatoms. The van der Waals surface area contributed by atoms with E-state index < -0.39 is 10.0 Å². The van der Waals surface area contributed by atoms with E-state index in [-0.39, 0.29) is 27.9 Å². The van der Waals surface area contributed by atoms with Gasteiger partial charge in [0.25, 0.3) is 0 Å². The highest BCUT2D eigenvalue weighted by atomic mass is 32.2. The summed E-state index contributed by atoms with van der Waals surface area (Å²) in [6, 6.07) is 14.6. The number of nitrogens with zero attached hydrogens (tertiary/aromatic N) is 1. The molecule has 6 nitrogen and oxygen atoms in total. The van der Waals surface area contributed by atoms with Crippen molar-refractivity contribution in [2.24, 2.45) is 5.92 Å². The number of hydrogen-bond acceptors (Lipinski definition) is 4. The Hall–Kier alpha value is -2.29. The van der Waals surface area contributed by atoms with Gasteiger partial charge in [-0.3, -0.25) is 4.79 Å². The molecule has 1 amide bonds. The van der Waals surface area contributed by atoms with E-state index in [1.807, 2.05) is 19.1 Å². The van der Waals surface area contributed by atoms with E-state index in [9.17, 15) is 13.2 Å². The second-order valence-corrected chi connectivity index (χ2v) is 12.2. The average molecular weight is 516 g/mol.